The molecule has 1 aromatic heterocycles. The number of nitrogens with one attached hydrogen (secondary N) is 1. The molecule has 2 atom stereocenters. The van der Waals surface area contributed by atoms with Gasteiger partial charge in [0, 0.05) is 25.6 Å². The maximum atomic E-state index is 12.3. The summed E-state index contributed by atoms with van der Waals surface area (Å²) in [6, 6.07) is 7.88. The average Bonchev–Trinajstić information content (AvgIpc) is 2.84. The molecular weight excluding hydrogens is 266 g/mol. The van der Waals surface area contributed by atoms with Gasteiger partial charge in [0.15, 0.2) is 0 Å². The Morgan fingerprint density at radius 3 is 2.76 bits per heavy atom. The molecule has 0 bridgehead atoms. The summed E-state index contributed by atoms with van der Waals surface area (Å²) in [7, 11) is 1.83. The summed E-state index contributed by atoms with van der Waals surface area (Å²) in [5.74, 6) is -0.975. The molecule has 1 saturated heterocycles. The molecule has 2 aromatic rings. The van der Waals surface area contributed by atoms with Gasteiger partial charge in [0.25, 0.3) is 0 Å². The fraction of sp³-hybridized carbons (Fsp3) is 0.312. The van der Waals surface area contributed by atoms with Crippen LogP contribution in [0.2, 0.25) is 0 Å². The first-order valence-electron chi connectivity index (χ1n) is 6.93. The number of carbonyl (C=O) groups excluding carboxylic acids is 2. The summed E-state index contributed by atoms with van der Waals surface area (Å²) in [6.07, 6.45) is 3.91. The van der Waals surface area contributed by atoms with Crippen LogP contribution in [0.4, 0.5) is 0 Å². The Hall–Kier alpha value is -2.43. The molecule has 1 aliphatic rings. The first-order chi connectivity index (χ1) is 10.0. The van der Waals surface area contributed by atoms with Crippen LogP contribution in [-0.2, 0) is 16.6 Å². The number of rotatable bonds is 2. The van der Waals surface area contributed by atoms with E-state index in [0.29, 0.717) is 6.42 Å². The minimum atomic E-state index is -0.355. The molecule has 2 unspecified atom stereocenters. The fourth-order valence-electron chi connectivity index (χ4n) is 2.96. The number of piperidine rings is 1. The van der Waals surface area contributed by atoms with Gasteiger partial charge < -0.3 is 0 Å². The van der Waals surface area contributed by atoms with E-state index in [0.717, 1.165) is 16.7 Å². The van der Waals surface area contributed by atoms with Crippen molar-refractivity contribution in [1.29, 1.82) is 0 Å². The number of imide groups is 1. The lowest BCUT2D eigenvalue weighted by molar-refractivity contribution is -0.135. The Bertz CT molecular complexity index is 705. The molecule has 0 aliphatic carbocycles. The van der Waals surface area contributed by atoms with Gasteiger partial charge in [0.2, 0.25) is 11.8 Å². The lowest BCUT2D eigenvalue weighted by Gasteiger charge is -2.30. The molecule has 0 saturated carbocycles. The number of benzene rings is 1. The van der Waals surface area contributed by atoms with Gasteiger partial charge in [0.05, 0.1) is 12.1 Å². The van der Waals surface area contributed by atoms with E-state index in [4.69, 9.17) is 0 Å². The van der Waals surface area contributed by atoms with Gasteiger partial charge in [-0.2, -0.15) is 5.10 Å². The van der Waals surface area contributed by atoms with Crippen molar-refractivity contribution in [2.45, 2.75) is 25.2 Å². The van der Waals surface area contributed by atoms with E-state index in [9.17, 15) is 9.59 Å². The Morgan fingerprint density at radius 2 is 2.10 bits per heavy atom. The normalized spacial score (nSPS) is 22.2. The summed E-state index contributed by atoms with van der Waals surface area (Å²) in [5.41, 5.74) is 2.96. The van der Waals surface area contributed by atoms with Gasteiger partial charge in [0.1, 0.15) is 0 Å². The summed E-state index contributed by atoms with van der Waals surface area (Å²) in [5, 5.41) is 6.61. The Kier molecular flexibility index (Phi) is 3.33. The van der Waals surface area contributed by atoms with Gasteiger partial charge in [-0.3, -0.25) is 19.6 Å². The number of amides is 2. The maximum absolute atomic E-state index is 12.3. The second-order valence-corrected chi connectivity index (χ2v) is 5.56. The molecule has 1 fully saturated rings. The lowest BCUT2D eigenvalue weighted by Crippen LogP contribution is -2.43. The summed E-state index contributed by atoms with van der Waals surface area (Å²) in [4.78, 5) is 24.1. The number of carbonyl (C=O) groups is 2. The van der Waals surface area contributed by atoms with Gasteiger partial charge in [-0.25, -0.2) is 0 Å². The minimum absolute atomic E-state index is 0.165. The average molecular weight is 283 g/mol. The smallest absolute Gasteiger partial charge is 0.234 e. The summed E-state index contributed by atoms with van der Waals surface area (Å²) in [6.45, 7) is 1.99. The first kappa shape index (κ1) is 13.5. The van der Waals surface area contributed by atoms with Gasteiger partial charge in [-0.1, -0.05) is 29.8 Å². The largest absolute Gasteiger partial charge is 0.296 e. The molecule has 3 rings (SSSR count). The quantitative estimate of drug-likeness (QED) is 0.852. The third-order valence-corrected chi connectivity index (χ3v) is 3.91. The molecule has 2 amide bonds. The molecule has 0 spiro atoms. The van der Waals surface area contributed by atoms with E-state index in [1.54, 1.807) is 10.9 Å². The van der Waals surface area contributed by atoms with Crippen LogP contribution in [0.5, 0.6) is 0 Å². The Morgan fingerprint density at radius 1 is 1.29 bits per heavy atom. The van der Waals surface area contributed by atoms with Crippen LogP contribution in [0.25, 0.3) is 0 Å². The van der Waals surface area contributed by atoms with Crippen LogP contribution in [0.3, 0.4) is 0 Å². The number of hydrogen-bond acceptors (Lipinski definition) is 3. The Balaban J connectivity index is 2.04. The van der Waals surface area contributed by atoms with Crippen molar-refractivity contribution in [3.63, 3.8) is 0 Å². The van der Waals surface area contributed by atoms with Crippen molar-refractivity contribution < 1.29 is 9.59 Å². The van der Waals surface area contributed by atoms with Crippen LogP contribution in [-0.4, -0.2) is 21.6 Å². The first-order valence-corrected chi connectivity index (χ1v) is 6.93. The van der Waals surface area contributed by atoms with Crippen LogP contribution in [0.15, 0.2) is 36.7 Å². The van der Waals surface area contributed by atoms with E-state index in [1.807, 2.05) is 44.4 Å². The molecule has 1 N–H and O–H groups in total. The molecule has 21 heavy (non-hydrogen) atoms. The predicted molar refractivity (Wildman–Crippen MR) is 77.6 cm³/mol. The highest BCUT2D eigenvalue weighted by Crippen LogP contribution is 2.38. The maximum Gasteiger partial charge on any atom is 0.234 e. The standard InChI is InChI=1S/C16H17N3O2/c1-10-4-3-5-11(6-10)15-13(7-14(20)18-16(15)21)12-8-17-19(2)9-12/h3-6,8-9,13,15H,7H2,1-2H3,(H,18,20,21). The highest BCUT2D eigenvalue weighted by Gasteiger charge is 2.38. The third-order valence-electron chi connectivity index (χ3n) is 3.91. The van der Waals surface area contributed by atoms with Crippen molar-refractivity contribution in [2.24, 2.45) is 7.05 Å². The molecule has 108 valence electrons. The SMILES string of the molecule is Cc1cccc(C2C(=O)NC(=O)CC2c2cnn(C)c2)c1. The van der Waals surface area contributed by atoms with E-state index in [1.165, 1.54) is 0 Å². The number of aromatic nitrogens is 2. The topological polar surface area (TPSA) is 64.0 Å². The van der Waals surface area contributed by atoms with E-state index in [2.05, 4.69) is 10.4 Å². The second kappa shape index (κ2) is 5.16. The minimum Gasteiger partial charge on any atom is -0.296 e. The van der Waals surface area contributed by atoms with E-state index < -0.39 is 0 Å². The Labute approximate surface area is 123 Å². The number of aryl methyl sites for hydroxylation is 2. The van der Waals surface area contributed by atoms with Gasteiger partial charge in [-0.05, 0) is 18.1 Å². The van der Waals surface area contributed by atoms with Crippen LogP contribution in [0, 0.1) is 6.92 Å². The molecule has 1 aromatic carbocycles. The molecule has 5 nitrogen and oxygen atoms in total. The molecule has 5 heteroatoms. The van der Waals surface area contributed by atoms with Crippen molar-refractivity contribution in [3.05, 3.63) is 53.3 Å². The zero-order valence-corrected chi connectivity index (χ0v) is 12.0. The van der Waals surface area contributed by atoms with Gasteiger partial charge >= 0.3 is 0 Å². The number of nitrogens with zero attached hydrogens (tertiary/aromatic N) is 2. The van der Waals surface area contributed by atoms with Crippen molar-refractivity contribution >= 4 is 11.8 Å². The molecule has 1 aliphatic heterocycles. The van der Waals surface area contributed by atoms with Crippen molar-refractivity contribution in [1.82, 2.24) is 15.1 Å². The lowest BCUT2D eigenvalue weighted by atomic mass is 9.77. The molecular formula is C16H17N3O2. The summed E-state index contributed by atoms with van der Waals surface area (Å²) < 4.78 is 1.69. The zero-order chi connectivity index (χ0) is 15.0. The zero-order valence-electron chi connectivity index (χ0n) is 12.0. The summed E-state index contributed by atoms with van der Waals surface area (Å²) >= 11 is 0. The monoisotopic (exact) mass is 283 g/mol. The highest BCUT2D eigenvalue weighted by atomic mass is 16.2. The van der Waals surface area contributed by atoms with Crippen molar-refractivity contribution in [3.8, 4) is 0 Å². The van der Waals surface area contributed by atoms with E-state index in [-0.39, 0.29) is 23.7 Å². The van der Waals surface area contributed by atoms with Crippen LogP contribution < -0.4 is 5.32 Å². The van der Waals surface area contributed by atoms with Crippen LogP contribution >= 0.6 is 0 Å². The van der Waals surface area contributed by atoms with E-state index >= 15 is 0 Å². The highest BCUT2D eigenvalue weighted by molar-refractivity contribution is 6.02. The van der Waals surface area contributed by atoms with Crippen molar-refractivity contribution in [2.75, 3.05) is 0 Å². The van der Waals surface area contributed by atoms with Crippen LogP contribution in [0.1, 0.15) is 34.9 Å². The molecule has 0 radical (unpaired) electrons. The third kappa shape index (κ3) is 2.59. The molecule has 2 heterocycles. The predicted octanol–water partition coefficient (Wildman–Crippen LogP) is 1.64. The second-order valence-electron chi connectivity index (χ2n) is 5.56. The number of hydrogen-bond donors (Lipinski definition) is 1. The fourth-order valence-corrected chi connectivity index (χ4v) is 2.96. The van der Waals surface area contributed by atoms with Gasteiger partial charge in [-0.15, -0.1) is 0 Å².